The molecule has 0 spiro atoms. The van der Waals surface area contributed by atoms with Crippen LogP contribution in [-0.4, -0.2) is 50.0 Å². The molecule has 1 heterocycles. The number of aliphatic hydroxyl groups is 1. The minimum Gasteiger partial charge on any atom is -0.396 e. The summed E-state index contributed by atoms with van der Waals surface area (Å²) >= 11 is 0. The molecule has 0 radical (unpaired) electrons. The van der Waals surface area contributed by atoms with Crippen molar-refractivity contribution in [3.05, 3.63) is 0 Å². The van der Waals surface area contributed by atoms with Crippen molar-refractivity contribution in [1.82, 2.24) is 4.90 Å². The molecule has 0 aromatic carbocycles. The summed E-state index contributed by atoms with van der Waals surface area (Å²) in [6, 6.07) is 0. The monoisotopic (exact) mass is 269 g/mol. The van der Waals surface area contributed by atoms with Crippen molar-refractivity contribution in [2.75, 3.05) is 40.0 Å². The summed E-state index contributed by atoms with van der Waals surface area (Å²) in [5, 5.41) is 9.83. The average Bonchev–Trinajstić information content (AvgIpc) is 2.43. The minimum absolute atomic E-state index is 0.163. The summed E-state index contributed by atoms with van der Waals surface area (Å²) in [6.45, 7) is 6.73. The van der Waals surface area contributed by atoms with Crippen LogP contribution >= 0.6 is 0 Å². The molecule has 3 nitrogen and oxygen atoms in total. The van der Waals surface area contributed by atoms with E-state index in [4.69, 9.17) is 4.74 Å². The maximum absolute atomic E-state index is 9.83. The van der Waals surface area contributed by atoms with Crippen LogP contribution in [0.5, 0.6) is 0 Å². The number of hydrogen-bond acceptors (Lipinski definition) is 3. The number of rotatable bonds is 5. The summed E-state index contributed by atoms with van der Waals surface area (Å²) in [5.74, 6) is 1.54. The van der Waals surface area contributed by atoms with E-state index in [9.17, 15) is 5.11 Å². The van der Waals surface area contributed by atoms with Crippen LogP contribution in [0.4, 0.5) is 0 Å². The molecular formula is C16H31NO2. The molecule has 1 unspecified atom stereocenters. The Morgan fingerprint density at radius 3 is 2.58 bits per heavy atom. The van der Waals surface area contributed by atoms with E-state index in [-0.39, 0.29) is 5.41 Å². The minimum atomic E-state index is 0.163. The molecule has 112 valence electrons. The Balaban J connectivity index is 1.80. The van der Waals surface area contributed by atoms with E-state index in [0.717, 1.165) is 32.2 Å². The van der Waals surface area contributed by atoms with Crippen LogP contribution in [0.25, 0.3) is 0 Å². The van der Waals surface area contributed by atoms with Crippen molar-refractivity contribution in [2.24, 2.45) is 17.3 Å². The maximum atomic E-state index is 9.83. The summed E-state index contributed by atoms with van der Waals surface area (Å²) in [4.78, 5) is 2.44. The summed E-state index contributed by atoms with van der Waals surface area (Å²) < 4.78 is 5.56. The van der Waals surface area contributed by atoms with E-state index in [2.05, 4.69) is 18.9 Å². The predicted octanol–water partition coefficient (Wildman–Crippen LogP) is 2.53. The molecule has 1 aliphatic heterocycles. The van der Waals surface area contributed by atoms with Crippen LogP contribution in [0.3, 0.4) is 0 Å². The van der Waals surface area contributed by atoms with Crippen molar-refractivity contribution >= 4 is 0 Å². The van der Waals surface area contributed by atoms with Gasteiger partial charge in [0.1, 0.15) is 0 Å². The van der Waals surface area contributed by atoms with Crippen molar-refractivity contribution in [2.45, 2.75) is 45.4 Å². The number of nitrogens with zero attached hydrogens (tertiary/aromatic N) is 1. The molecule has 0 bridgehead atoms. The number of hydrogen-bond donors (Lipinski definition) is 1. The van der Waals surface area contributed by atoms with E-state index in [1.807, 2.05) is 0 Å². The number of aliphatic hydroxyl groups excluding tert-OH is 1. The predicted molar refractivity (Wildman–Crippen MR) is 78.2 cm³/mol. The highest BCUT2D eigenvalue weighted by atomic mass is 16.5. The quantitative estimate of drug-likeness (QED) is 0.832. The fourth-order valence-corrected chi connectivity index (χ4v) is 3.77. The van der Waals surface area contributed by atoms with Crippen LogP contribution in [0.1, 0.15) is 45.4 Å². The molecule has 0 amide bonds. The van der Waals surface area contributed by atoms with E-state index >= 15 is 0 Å². The van der Waals surface area contributed by atoms with E-state index < -0.39 is 0 Å². The topological polar surface area (TPSA) is 32.7 Å². The zero-order valence-corrected chi connectivity index (χ0v) is 12.7. The fourth-order valence-electron chi connectivity index (χ4n) is 3.77. The Morgan fingerprint density at radius 1 is 1.26 bits per heavy atom. The van der Waals surface area contributed by atoms with E-state index in [0.29, 0.717) is 12.5 Å². The maximum Gasteiger partial charge on any atom is 0.0506 e. The third-order valence-corrected chi connectivity index (χ3v) is 5.10. The van der Waals surface area contributed by atoms with Crippen LogP contribution in [0.15, 0.2) is 0 Å². The Kier molecular flexibility index (Phi) is 5.67. The first-order valence-corrected chi connectivity index (χ1v) is 8.01. The third-order valence-electron chi connectivity index (χ3n) is 5.10. The highest BCUT2D eigenvalue weighted by molar-refractivity contribution is 4.87. The van der Waals surface area contributed by atoms with Gasteiger partial charge in [-0.15, -0.1) is 0 Å². The molecule has 3 heteroatoms. The first kappa shape index (κ1) is 15.3. The van der Waals surface area contributed by atoms with Crippen molar-refractivity contribution in [1.29, 1.82) is 0 Å². The summed E-state index contributed by atoms with van der Waals surface area (Å²) in [6.07, 6.45) is 7.45. The summed E-state index contributed by atoms with van der Waals surface area (Å²) in [7, 11) is 2.21. The normalized spacial score (nSPS) is 36.6. The van der Waals surface area contributed by atoms with E-state index in [1.54, 1.807) is 0 Å². The van der Waals surface area contributed by atoms with Crippen LogP contribution in [0.2, 0.25) is 0 Å². The Morgan fingerprint density at radius 2 is 2.00 bits per heavy atom. The van der Waals surface area contributed by atoms with Gasteiger partial charge >= 0.3 is 0 Å². The standard InChI is InChI=1S/C16H31NO2/c1-14-5-7-16(13-18,8-6-14)12-17(2)10-15-4-3-9-19-11-15/h14-15,18H,3-13H2,1-2H3. The first-order chi connectivity index (χ1) is 9.13. The van der Waals surface area contributed by atoms with Crippen LogP contribution < -0.4 is 0 Å². The Labute approximate surface area is 118 Å². The zero-order chi connectivity index (χ0) is 13.7. The molecular weight excluding hydrogens is 238 g/mol. The van der Waals surface area contributed by atoms with Gasteiger partial charge in [-0.05, 0) is 44.6 Å². The van der Waals surface area contributed by atoms with Gasteiger partial charge in [-0.3, -0.25) is 0 Å². The van der Waals surface area contributed by atoms with Crippen LogP contribution in [0, 0.1) is 17.3 Å². The zero-order valence-electron chi connectivity index (χ0n) is 12.7. The molecule has 1 saturated heterocycles. The lowest BCUT2D eigenvalue weighted by Gasteiger charge is -2.41. The van der Waals surface area contributed by atoms with Gasteiger partial charge < -0.3 is 14.7 Å². The highest BCUT2D eigenvalue weighted by Gasteiger charge is 2.35. The second-order valence-corrected chi connectivity index (χ2v) is 7.12. The molecule has 1 atom stereocenters. The lowest BCUT2D eigenvalue weighted by atomic mass is 9.71. The SMILES string of the molecule is CC1CCC(CO)(CN(C)CC2CCCOC2)CC1. The van der Waals surface area contributed by atoms with Gasteiger partial charge in [0.25, 0.3) is 0 Å². The van der Waals surface area contributed by atoms with Gasteiger partial charge in [0, 0.05) is 31.7 Å². The van der Waals surface area contributed by atoms with Gasteiger partial charge in [0.2, 0.25) is 0 Å². The summed E-state index contributed by atoms with van der Waals surface area (Å²) in [5.41, 5.74) is 0.163. The second kappa shape index (κ2) is 7.05. The largest absolute Gasteiger partial charge is 0.396 e. The van der Waals surface area contributed by atoms with Crippen molar-refractivity contribution in [3.63, 3.8) is 0 Å². The average molecular weight is 269 g/mol. The molecule has 1 saturated carbocycles. The lowest BCUT2D eigenvalue weighted by Crippen LogP contribution is -2.43. The molecule has 1 N–H and O–H groups in total. The first-order valence-electron chi connectivity index (χ1n) is 8.01. The smallest absolute Gasteiger partial charge is 0.0506 e. The third kappa shape index (κ3) is 4.44. The second-order valence-electron chi connectivity index (χ2n) is 7.12. The van der Waals surface area contributed by atoms with E-state index in [1.165, 1.54) is 38.5 Å². The molecule has 0 aromatic rings. The van der Waals surface area contributed by atoms with Gasteiger partial charge in [0.05, 0.1) is 6.61 Å². The fraction of sp³-hybridized carbons (Fsp3) is 1.00. The molecule has 1 aliphatic carbocycles. The van der Waals surface area contributed by atoms with Gasteiger partial charge in [0.15, 0.2) is 0 Å². The van der Waals surface area contributed by atoms with Gasteiger partial charge in [-0.2, -0.15) is 0 Å². The van der Waals surface area contributed by atoms with Gasteiger partial charge in [-0.1, -0.05) is 19.8 Å². The van der Waals surface area contributed by atoms with Crippen molar-refractivity contribution < 1.29 is 9.84 Å². The molecule has 19 heavy (non-hydrogen) atoms. The van der Waals surface area contributed by atoms with Gasteiger partial charge in [-0.25, -0.2) is 0 Å². The lowest BCUT2D eigenvalue weighted by molar-refractivity contribution is 0.0113. The number of ether oxygens (including phenoxy) is 1. The Hall–Kier alpha value is -0.120. The van der Waals surface area contributed by atoms with Crippen LogP contribution in [-0.2, 0) is 4.74 Å². The molecule has 2 aliphatic rings. The Bertz CT molecular complexity index is 255. The molecule has 2 rings (SSSR count). The molecule has 0 aromatic heterocycles. The highest BCUT2D eigenvalue weighted by Crippen LogP contribution is 2.39. The van der Waals surface area contributed by atoms with Crippen molar-refractivity contribution in [3.8, 4) is 0 Å². The molecule has 2 fully saturated rings.